The van der Waals surface area contributed by atoms with Crippen molar-refractivity contribution >= 4 is 29.9 Å². The van der Waals surface area contributed by atoms with Gasteiger partial charge >= 0.3 is 0 Å². The van der Waals surface area contributed by atoms with Crippen molar-refractivity contribution < 1.29 is 0 Å². The summed E-state index contributed by atoms with van der Waals surface area (Å²) in [5.74, 6) is 0.913. The fourth-order valence-electron chi connectivity index (χ4n) is 2.67. The van der Waals surface area contributed by atoms with Crippen LogP contribution in [0.5, 0.6) is 0 Å². The van der Waals surface area contributed by atoms with E-state index >= 15 is 0 Å². The topological polar surface area (TPSA) is 54.2 Å². The molecule has 1 aromatic rings. The number of guanidine groups is 1. The molecule has 6 heteroatoms. The molecule has 2 N–H and O–H groups in total. The predicted molar refractivity (Wildman–Crippen MR) is 98.0 cm³/mol. The third-order valence-corrected chi connectivity index (χ3v) is 4.32. The first-order valence-electron chi connectivity index (χ1n) is 7.67. The second kappa shape index (κ2) is 8.60. The van der Waals surface area contributed by atoms with Crippen LogP contribution < -0.4 is 10.6 Å². The molecule has 0 bridgehead atoms. The van der Waals surface area contributed by atoms with Crippen molar-refractivity contribution in [2.24, 2.45) is 17.5 Å². The zero-order chi connectivity index (χ0) is 14.4. The van der Waals surface area contributed by atoms with Crippen molar-refractivity contribution in [3.8, 4) is 0 Å². The van der Waals surface area contributed by atoms with Crippen LogP contribution in [-0.4, -0.2) is 28.8 Å². The summed E-state index contributed by atoms with van der Waals surface area (Å²) < 4.78 is 1.81. The number of hydrogen-bond acceptors (Lipinski definition) is 2. The van der Waals surface area contributed by atoms with Gasteiger partial charge in [0.15, 0.2) is 5.96 Å². The van der Waals surface area contributed by atoms with Gasteiger partial charge in [-0.05, 0) is 31.6 Å². The van der Waals surface area contributed by atoms with Gasteiger partial charge in [-0.1, -0.05) is 13.3 Å². The lowest BCUT2D eigenvalue weighted by Crippen LogP contribution is -2.46. The van der Waals surface area contributed by atoms with E-state index in [-0.39, 0.29) is 24.0 Å². The van der Waals surface area contributed by atoms with Gasteiger partial charge in [-0.3, -0.25) is 4.68 Å². The number of aliphatic imine (C=N–C) groups is 1. The van der Waals surface area contributed by atoms with Crippen LogP contribution >= 0.6 is 24.0 Å². The summed E-state index contributed by atoms with van der Waals surface area (Å²) in [4.78, 5) is 4.63. The van der Waals surface area contributed by atoms with Crippen molar-refractivity contribution in [2.75, 3.05) is 13.1 Å². The van der Waals surface area contributed by atoms with Crippen molar-refractivity contribution in [1.29, 1.82) is 0 Å². The van der Waals surface area contributed by atoms with Gasteiger partial charge in [0.2, 0.25) is 0 Å². The number of rotatable bonds is 6. The zero-order valence-corrected chi connectivity index (χ0v) is 15.7. The number of aryl methyl sites for hydroxylation is 1. The standard InChI is InChI=1S/C15H27N5.HI/c1-4-15(7-6-8-15)12-18-14(16-5-2)17-9-13-10-19-20(3)11-13;/h10-11H,4-9,12H2,1-3H3,(H2,16,17,18);1H. The van der Waals surface area contributed by atoms with Crippen LogP contribution in [0.3, 0.4) is 0 Å². The molecule has 0 unspecified atom stereocenters. The maximum absolute atomic E-state index is 4.63. The predicted octanol–water partition coefficient (Wildman–Crippen LogP) is 2.67. The first-order chi connectivity index (χ1) is 9.67. The van der Waals surface area contributed by atoms with Crippen LogP contribution in [0.2, 0.25) is 0 Å². The van der Waals surface area contributed by atoms with E-state index in [2.05, 4.69) is 34.6 Å². The molecule has 1 saturated carbocycles. The van der Waals surface area contributed by atoms with E-state index in [0.29, 0.717) is 12.0 Å². The lowest BCUT2D eigenvalue weighted by atomic mass is 9.67. The van der Waals surface area contributed by atoms with Crippen LogP contribution in [-0.2, 0) is 13.6 Å². The lowest BCUT2D eigenvalue weighted by molar-refractivity contribution is 0.131. The van der Waals surface area contributed by atoms with E-state index in [0.717, 1.165) is 24.6 Å². The highest BCUT2D eigenvalue weighted by molar-refractivity contribution is 14.0. The van der Waals surface area contributed by atoms with E-state index in [1.807, 2.05) is 24.1 Å². The Morgan fingerprint density at radius 2 is 2.14 bits per heavy atom. The molecule has 0 aliphatic heterocycles. The molecular weight excluding hydrogens is 377 g/mol. The fourth-order valence-corrected chi connectivity index (χ4v) is 2.67. The molecule has 120 valence electrons. The van der Waals surface area contributed by atoms with Gasteiger partial charge in [-0.25, -0.2) is 4.99 Å². The summed E-state index contributed by atoms with van der Waals surface area (Å²) in [5.41, 5.74) is 1.64. The molecule has 1 aliphatic rings. The lowest BCUT2D eigenvalue weighted by Gasteiger charge is -2.41. The molecule has 5 nitrogen and oxygen atoms in total. The Kier molecular flexibility index (Phi) is 7.48. The first kappa shape index (κ1) is 18.3. The molecule has 21 heavy (non-hydrogen) atoms. The Morgan fingerprint density at radius 3 is 2.62 bits per heavy atom. The van der Waals surface area contributed by atoms with Gasteiger partial charge in [-0.2, -0.15) is 5.10 Å². The Morgan fingerprint density at radius 1 is 1.38 bits per heavy atom. The highest BCUT2D eigenvalue weighted by atomic mass is 127. The largest absolute Gasteiger partial charge is 0.357 e. The minimum absolute atomic E-state index is 0. The minimum atomic E-state index is 0. The Labute approximate surface area is 145 Å². The van der Waals surface area contributed by atoms with Gasteiger partial charge in [0.25, 0.3) is 0 Å². The molecule has 0 amide bonds. The summed E-state index contributed by atoms with van der Waals surface area (Å²) >= 11 is 0. The molecule has 1 fully saturated rings. The van der Waals surface area contributed by atoms with E-state index in [9.17, 15) is 0 Å². The number of aromatic nitrogens is 2. The van der Waals surface area contributed by atoms with Crippen LogP contribution in [0, 0.1) is 5.41 Å². The second-order valence-corrected chi connectivity index (χ2v) is 5.78. The van der Waals surface area contributed by atoms with Crippen molar-refractivity contribution in [3.05, 3.63) is 18.0 Å². The maximum atomic E-state index is 4.63. The monoisotopic (exact) mass is 405 g/mol. The van der Waals surface area contributed by atoms with Crippen LogP contribution in [0.1, 0.15) is 45.1 Å². The van der Waals surface area contributed by atoms with Gasteiger partial charge in [0, 0.05) is 31.9 Å². The maximum Gasteiger partial charge on any atom is 0.191 e. The van der Waals surface area contributed by atoms with Crippen LogP contribution in [0.15, 0.2) is 17.4 Å². The van der Waals surface area contributed by atoms with Gasteiger partial charge in [-0.15, -0.1) is 24.0 Å². The average Bonchev–Trinajstić information content (AvgIpc) is 2.81. The van der Waals surface area contributed by atoms with Crippen molar-refractivity contribution in [1.82, 2.24) is 20.4 Å². The molecule has 0 radical (unpaired) electrons. The molecule has 1 aromatic heterocycles. The molecule has 1 aliphatic carbocycles. The summed E-state index contributed by atoms with van der Waals surface area (Å²) in [6.45, 7) is 6.98. The Bertz CT molecular complexity index is 445. The van der Waals surface area contributed by atoms with Gasteiger partial charge in [0.05, 0.1) is 12.7 Å². The second-order valence-electron chi connectivity index (χ2n) is 5.78. The molecule has 0 aromatic carbocycles. The average molecular weight is 405 g/mol. The first-order valence-corrected chi connectivity index (χ1v) is 7.67. The summed E-state index contributed by atoms with van der Waals surface area (Å²) in [5, 5.41) is 11.0. The fraction of sp³-hybridized carbons (Fsp3) is 0.733. The smallest absolute Gasteiger partial charge is 0.191 e. The van der Waals surface area contributed by atoms with Crippen LogP contribution in [0.4, 0.5) is 0 Å². The molecule has 2 rings (SSSR count). The van der Waals surface area contributed by atoms with E-state index in [4.69, 9.17) is 0 Å². The normalized spacial score (nSPS) is 16.8. The highest BCUT2D eigenvalue weighted by Crippen LogP contribution is 2.42. The quantitative estimate of drug-likeness (QED) is 0.435. The molecule has 0 saturated heterocycles. The highest BCUT2D eigenvalue weighted by Gasteiger charge is 2.34. The molecular formula is C15H28IN5. The Hall–Kier alpha value is -0.790. The third kappa shape index (κ3) is 5.16. The van der Waals surface area contributed by atoms with Gasteiger partial charge < -0.3 is 10.6 Å². The van der Waals surface area contributed by atoms with E-state index in [1.165, 1.54) is 25.7 Å². The van der Waals surface area contributed by atoms with Gasteiger partial charge in [0.1, 0.15) is 0 Å². The number of halogens is 1. The van der Waals surface area contributed by atoms with E-state index in [1.54, 1.807) is 0 Å². The number of hydrogen-bond donors (Lipinski definition) is 2. The Balaban J connectivity index is 0.00000220. The molecule has 0 atom stereocenters. The number of nitrogens with one attached hydrogen (secondary N) is 2. The third-order valence-electron chi connectivity index (χ3n) is 4.32. The van der Waals surface area contributed by atoms with Crippen molar-refractivity contribution in [2.45, 2.75) is 46.1 Å². The summed E-state index contributed by atoms with van der Waals surface area (Å²) in [7, 11) is 1.93. The molecule has 1 heterocycles. The van der Waals surface area contributed by atoms with Crippen LogP contribution in [0.25, 0.3) is 0 Å². The van der Waals surface area contributed by atoms with Crippen molar-refractivity contribution in [3.63, 3.8) is 0 Å². The molecule has 0 spiro atoms. The number of nitrogens with zero attached hydrogens (tertiary/aromatic N) is 3. The zero-order valence-electron chi connectivity index (χ0n) is 13.4. The summed E-state index contributed by atoms with van der Waals surface area (Å²) in [6.07, 6.45) is 9.19. The van der Waals surface area contributed by atoms with E-state index < -0.39 is 0 Å². The SMILES string of the molecule is CCNC(=NCc1cnn(C)c1)NCC1(CC)CCC1.I. The minimum Gasteiger partial charge on any atom is -0.357 e. The summed E-state index contributed by atoms with van der Waals surface area (Å²) in [6, 6.07) is 0.